The number of piperazine rings is 1. The number of ether oxygens (including phenoxy) is 1. The summed E-state index contributed by atoms with van der Waals surface area (Å²) in [6, 6.07) is 8.34. The van der Waals surface area contributed by atoms with Gasteiger partial charge in [0.1, 0.15) is 0 Å². The Morgan fingerprint density at radius 1 is 1.23 bits per heavy atom. The number of carbonyl (C=O) groups is 1. The molecule has 4 rings (SSSR count). The molecule has 2 saturated heterocycles. The molecular formula is C20H28N4O2. The minimum Gasteiger partial charge on any atom is -0.377 e. The molecule has 0 radical (unpaired) electrons. The van der Waals surface area contributed by atoms with Gasteiger partial charge in [0.05, 0.1) is 6.10 Å². The Balaban J connectivity index is 1.19. The monoisotopic (exact) mass is 356 g/mol. The smallest absolute Gasteiger partial charge is 0.317 e. The molecule has 2 fully saturated rings. The van der Waals surface area contributed by atoms with Gasteiger partial charge in [0, 0.05) is 63.0 Å². The lowest BCUT2D eigenvalue weighted by Gasteiger charge is -2.35. The van der Waals surface area contributed by atoms with Gasteiger partial charge in [-0.25, -0.2) is 4.79 Å². The van der Waals surface area contributed by atoms with Crippen molar-refractivity contribution in [2.75, 3.05) is 45.9 Å². The van der Waals surface area contributed by atoms with E-state index >= 15 is 0 Å². The Kier molecular flexibility index (Phi) is 5.41. The van der Waals surface area contributed by atoms with Crippen molar-refractivity contribution in [1.82, 2.24) is 20.1 Å². The number of rotatable bonds is 5. The van der Waals surface area contributed by atoms with Gasteiger partial charge in [0.2, 0.25) is 0 Å². The predicted octanol–water partition coefficient (Wildman–Crippen LogP) is 2.22. The second-order valence-electron chi connectivity index (χ2n) is 7.26. The van der Waals surface area contributed by atoms with Gasteiger partial charge in [-0.2, -0.15) is 0 Å². The number of urea groups is 1. The van der Waals surface area contributed by atoms with Gasteiger partial charge in [-0.05, 0) is 30.9 Å². The Labute approximate surface area is 154 Å². The van der Waals surface area contributed by atoms with E-state index in [-0.39, 0.29) is 6.03 Å². The number of carbonyl (C=O) groups excluding carboxylic acids is 1. The Hall–Kier alpha value is -2.05. The molecule has 1 atom stereocenters. The van der Waals surface area contributed by atoms with Gasteiger partial charge in [0.15, 0.2) is 0 Å². The molecule has 3 heterocycles. The second kappa shape index (κ2) is 8.10. The fourth-order valence-electron chi connectivity index (χ4n) is 3.96. The zero-order valence-electron chi connectivity index (χ0n) is 15.2. The molecule has 1 aromatic carbocycles. The van der Waals surface area contributed by atoms with Crippen molar-refractivity contribution in [1.29, 1.82) is 0 Å². The number of aromatic amines is 1. The average Bonchev–Trinajstić information content (AvgIpc) is 3.32. The summed E-state index contributed by atoms with van der Waals surface area (Å²) in [6.07, 6.45) is 5.64. The van der Waals surface area contributed by atoms with E-state index in [0.717, 1.165) is 51.3 Å². The lowest BCUT2D eigenvalue weighted by atomic mass is 10.1. The average molecular weight is 356 g/mol. The number of H-pyrrole nitrogens is 1. The minimum atomic E-state index is 0.0570. The van der Waals surface area contributed by atoms with Crippen molar-refractivity contribution in [2.45, 2.75) is 25.4 Å². The van der Waals surface area contributed by atoms with E-state index in [4.69, 9.17) is 4.74 Å². The molecule has 140 valence electrons. The SMILES string of the molecule is O=C(NCCc1c[nH]c2ccccc12)N1CCN(CC2CCCO2)CC1. The number of fused-ring (bicyclic) bond motifs is 1. The first kappa shape index (κ1) is 17.4. The summed E-state index contributed by atoms with van der Waals surface area (Å²) in [6.45, 7) is 6.05. The quantitative estimate of drug-likeness (QED) is 0.864. The first-order chi connectivity index (χ1) is 12.8. The summed E-state index contributed by atoms with van der Waals surface area (Å²) in [5.41, 5.74) is 2.40. The Morgan fingerprint density at radius 2 is 2.08 bits per heavy atom. The van der Waals surface area contributed by atoms with Gasteiger partial charge >= 0.3 is 6.03 Å². The highest BCUT2D eigenvalue weighted by Gasteiger charge is 2.24. The third-order valence-electron chi connectivity index (χ3n) is 5.49. The molecule has 0 spiro atoms. The van der Waals surface area contributed by atoms with E-state index in [9.17, 15) is 4.79 Å². The van der Waals surface area contributed by atoms with E-state index in [0.29, 0.717) is 12.6 Å². The molecule has 0 bridgehead atoms. The molecule has 2 N–H and O–H groups in total. The largest absolute Gasteiger partial charge is 0.377 e. The summed E-state index contributed by atoms with van der Waals surface area (Å²) >= 11 is 0. The van der Waals surface area contributed by atoms with Crippen molar-refractivity contribution in [3.8, 4) is 0 Å². The maximum Gasteiger partial charge on any atom is 0.317 e. The topological polar surface area (TPSA) is 60.6 Å². The fourth-order valence-corrected chi connectivity index (χ4v) is 3.96. The summed E-state index contributed by atoms with van der Waals surface area (Å²) < 4.78 is 5.71. The van der Waals surface area contributed by atoms with Crippen LogP contribution in [-0.2, 0) is 11.2 Å². The van der Waals surface area contributed by atoms with Gasteiger partial charge < -0.3 is 19.9 Å². The molecule has 6 heteroatoms. The number of amides is 2. The Morgan fingerprint density at radius 3 is 2.88 bits per heavy atom. The van der Waals surface area contributed by atoms with E-state index in [1.54, 1.807) is 0 Å². The molecule has 2 amide bonds. The number of nitrogens with zero attached hydrogens (tertiary/aromatic N) is 2. The van der Waals surface area contributed by atoms with E-state index in [1.807, 2.05) is 23.2 Å². The Bertz CT molecular complexity index is 730. The minimum absolute atomic E-state index is 0.0570. The van der Waals surface area contributed by atoms with Gasteiger partial charge in [-0.15, -0.1) is 0 Å². The molecule has 0 saturated carbocycles. The molecule has 2 aliphatic rings. The van der Waals surface area contributed by atoms with Crippen molar-refractivity contribution in [2.24, 2.45) is 0 Å². The van der Waals surface area contributed by atoms with Crippen molar-refractivity contribution >= 4 is 16.9 Å². The third kappa shape index (κ3) is 4.02. The summed E-state index contributed by atoms with van der Waals surface area (Å²) in [7, 11) is 0. The first-order valence-electron chi connectivity index (χ1n) is 9.71. The highest BCUT2D eigenvalue weighted by atomic mass is 16.5. The van der Waals surface area contributed by atoms with Crippen molar-refractivity contribution in [3.05, 3.63) is 36.0 Å². The maximum atomic E-state index is 12.4. The van der Waals surface area contributed by atoms with Crippen LogP contribution in [-0.4, -0.2) is 72.8 Å². The van der Waals surface area contributed by atoms with Gasteiger partial charge in [0.25, 0.3) is 0 Å². The van der Waals surface area contributed by atoms with Gasteiger partial charge in [-0.1, -0.05) is 18.2 Å². The third-order valence-corrected chi connectivity index (χ3v) is 5.49. The van der Waals surface area contributed by atoms with Crippen LogP contribution in [0.4, 0.5) is 4.79 Å². The van der Waals surface area contributed by atoms with Crippen LogP contribution < -0.4 is 5.32 Å². The summed E-state index contributed by atoms with van der Waals surface area (Å²) in [4.78, 5) is 20.0. The number of hydrogen-bond acceptors (Lipinski definition) is 3. The molecule has 26 heavy (non-hydrogen) atoms. The van der Waals surface area contributed by atoms with E-state index in [2.05, 4.69) is 27.3 Å². The molecule has 2 aromatic rings. The normalized spacial score (nSPS) is 21.4. The maximum absolute atomic E-state index is 12.4. The standard InChI is InChI=1S/C20H28N4O2/c25-20(21-8-7-16-14-22-19-6-2-1-5-18(16)19)24-11-9-23(10-12-24)15-17-4-3-13-26-17/h1-2,5-6,14,17,22H,3-4,7-13,15H2,(H,21,25). The summed E-state index contributed by atoms with van der Waals surface area (Å²) in [5, 5.41) is 4.31. The first-order valence-corrected chi connectivity index (χ1v) is 9.71. The number of hydrogen-bond donors (Lipinski definition) is 2. The van der Waals surface area contributed by atoms with Crippen LogP contribution in [0.2, 0.25) is 0 Å². The molecule has 1 aromatic heterocycles. The van der Waals surface area contributed by atoms with Crippen LogP contribution in [0.1, 0.15) is 18.4 Å². The van der Waals surface area contributed by atoms with Crippen LogP contribution >= 0.6 is 0 Å². The fraction of sp³-hybridized carbons (Fsp3) is 0.550. The highest BCUT2D eigenvalue weighted by Crippen LogP contribution is 2.18. The predicted molar refractivity (Wildman–Crippen MR) is 102 cm³/mol. The van der Waals surface area contributed by atoms with Crippen LogP contribution in [0, 0.1) is 0 Å². The van der Waals surface area contributed by atoms with Crippen LogP contribution in [0.5, 0.6) is 0 Å². The van der Waals surface area contributed by atoms with Crippen molar-refractivity contribution in [3.63, 3.8) is 0 Å². The molecule has 1 unspecified atom stereocenters. The number of aromatic nitrogens is 1. The highest BCUT2D eigenvalue weighted by molar-refractivity contribution is 5.83. The second-order valence-corrected chi connectivity index (χ2v) is 7.26. The number of benzene rings is 1. The number of nitrogens with one attached hydrogen (secondary N) is 2. The molecule has 0 aliphatic carbocycles. The molecular weight excluding hydrogens is 328 g/mol. The van der Waals surface area contributed by atoms with Gasteiger partial charge in [-0.3, -0.25) is 4.90 Å². The van der Waals surface area contributed by atoms with Crippen molar-refractivity contribution < 1.29 is 9.53 Å². The zero-order valence-corrected chi connectivity index (χ0v) is 15.2. The number of para-hydroxylation sites is 1. The molecule has 6 nitrogen and oxygen atoms in total. The van der Waals surface area contributed by atoms with Crippen LogP contribution in [0.25, 0.3) is 10.9 Å². The van der Waals surface area contributed by atoms with E-state index < -0.39 is 0 Å². The van der Waals surface area contributed by atoms with E-state index in [1.165, 1.54) is 23.8 Å². The van der Waals surface area contributed by atoms with Crippen LogP contribution in [0.3, 0.4) is 0 Å². The summed E-state index contributed by atoms with van der Waals surface area (Å²) in [5.74, 6) is 0. The lowest BCUT2D eigenvalue weighted by molar-refractivity contribution is 0.0561. The zero-order chi connectivity index (χ0) is 17.8. The lowest BCUT2D eigenvalue weighted by Crippen LogP contribution is -2.53. The molecule has 2 aliphatic heterocycles. The van der Waals surface area contributed by atoms with Crippen LogP contribution in [0.15, 0.2) is 30.5 Å².